The molecule has 1 unspecified atom stereocenters. The standard InChI is InChI=1S/C18H19NO4/c1-3-15-16-10-9-14(23-13-7-5-4-6-8-13)11-17(16)19(18(15)20)22-12-21-2/h4-11,15H,3,12H2,1-2H3. The first-order valence-corrected chi connectivity index (χ1v) is 7.57. The molecule has 1 amide bonds. The Morgan fingerprint density at radius 1 is 1.09 bits per heavy atom. The third-order valence-corrected chi connectivity index (χ3v) is 3.78. The van der Waals surface area contributed by atoms with Crippen LogP contribution in [0.25, 0.3) is 0 Å². The number of para-hydroxylation sites is 1. The van der Waals surface area contributed by atoms with Crippen molar-refractivity contribution in [2.45, 2.75) is 19.3 Å². The molecule has 1 aliphatic heterocycles. The number of amides is 1. The van der Waals surface area contributed by atoms with Crippen LogP contribution in [0.15, 0.2) is 48.5 Å². The van der Waals surface area contributed by atoms with Crippen molar-refractivity contribution in [3.8, 4) is 11.5 Å². The van der Waals surface area contributed by atoms with Crippen molar-refractivity contribution in [1.29, 1.82) is 0 Å². The minimum atomic E-state index is -0.187. The van der Waals surface area contributed by atoms with Crippen molar-refractivity contribution >= 4 is 11.6 Å². The van der Waals surface area contributed by atoms with Gasteiger partial charge in [0.25, 0.3) is 5.91 Å². The highest BCUT2D eigenvalue weighted by Crippen LogP contribution is 2.41. The first-order valence-electron chi connectivity index (χ1n) is 7.57. The third kappa shape index (κ3) is 3.06. The molecule has 1 atom stereocenters. The van der Waals surface area contributed by atoms with E-state index in [9.17, 15) is 4.79 Å². The number of rotatable bonds is 6. The lowest BCUT2D eigenvalue weighted by Gasteiger charge is -2.17. The number of benzene rings is 2. The number of hydrogen-bond donors (Lipinski definition) is 0. The van der Waals surface area contributed by atoms with Gasteiger partial charge in [0.1, 0.15) is 11.5 Å². The van der Waals surface area contributed by atoms with Crippen LogP contribution in [0.4, 0.5) is 5.69 Å². The second-order valence-electron chi connectivity index (χ2n) is 5.26. The fourth-order valence-electron chi connectivity index (χ4n) is 2.71. The van der Waals surface area contributed by atoms with E-state index in [0.29, 0.717) is 11.4 Å². The van der Waals surface area contributed by atoms with Gasteiger partial charge in [-0.1, -0.05) is 31.2 Å². The smallest absolute Gasteiger partial charge is 0.258 e. The van der Waals surface area contributed by atoms with E-state index in [-0.39, 0.29) is 18.6 Å². The Balaban J connectivity index is 1.90. The van der Waals surface area contributed by atoms with Gasteiger partial charge in [0.15, 0.2) is 6.79 Å². The molecule has 0 aromatic heterocycles. The zero-order chi connectivity index (χ0) is 16.2. The number of hydrogen-bond acceptors (Lipinski definition) is 4. The topological polar surface area (TPSA) is 48.0 Å². The number of fused-ring (bicyclic) bond motifs is 1. The molecule has 0 fully saturated rings. The van der Waals surface area contributed by atoms with Gasteiger partial charge in [-0.2, -0.15) is 5.06 Å². The molecule has 0 radical (unpaired) electrons. The van der Waals surface area contributed by atoms with Crippen LogP contribution < -0.4 is 9.80 Å². The maximum Gasteiger partial charge on any atom is 0.258 e. The van der Waals surface area contributed by atoms with Crippen molar-refractivity contribution in [2.24, 2.45) is 0 Å². The molecule has 3 rings (SSSR count). The van der Waals surface area contributed by atoms with Gasteiger partial charge < -0.3 is 9.47 Å². The average molecular weight is 313 g/mol. The summed E-state index contributed by atoms with van der Waals surface area (Å²) in [6, 6.07) is 15.1. The van der Waals surface area contributed by atoms with Crippen molar-refractivity contribution in [2.75, 3.05) is 19.0 Å². The van der Waals surface area contributed by atoms with Gasteiger partial charge in [-0.05, 0) is 30.2 Å². The summed E-state index contributed by atoms with van der Waals surface area (Å²) in [5.74, 6) is 1.14. The van der Waals surface area contributed by atoms with Gasteiger partial charge in [0.2, 0.25) is 0 Å². The second kappa shape index (κ2) is 6.81. The van der Waals surface area contributed by atoms with E-state index in [2.05, 4.69) is 0 Å². The minimum absolute atomic E-state index is 0.0192. The Morgan fingerprint density at radius 3 is 2.57 bits per heavy atom. The van der Waals surface area contributed by atoms with E-state index in [1.807, 2.05) is 55.5 Å². The molecule has 0 saturated heterocycles. The number of carbonyl (C=O) groups is 1. The number of carbonyl (C=O) groups excluding carboxylic acids is 1. The monoisotopic (exact) mass is 313 g/mol. The fraction of sp³-hybridized carbons (Fsp3) is 0.278. The summed E-state index contributed by atoms with van der Waals surface area (Å²) in [6.07, 6.45) is 0.720. The van der Waals surface area contributed by atoms with Crippen LogP contribution in [0, 0.1) is 0 Å². The lowest BCUT2D eigenvalue weighted by molar-refractivity contribution is -0.132. The number of nitrogens with zero attached hydrogens (tertiary/aromatic N) is 1. The Kier molecular flexibility index (Phi) is 4.60. The van der Waals surface area contributed by atoms with Crippen LogP contribution in [0.1, 0.15) is 24.8 Å². The quantitative estimate of drug-likeness (QED) is 0.760. The summed E-state index contributed by atoms with van der Waals surface area (Å²) in [5.41, 5.74) is 1.67. The summed E-state index contributed by atoms with van der Waals surface area (Å²) >= 11 is 0. The maximum atomic E-state index is 12.5. The Bertz CT molecular complexity index is 687. The zero-order valence-corrected chi connectivity index (χ0v) is 13.2. The summed E-state index contributed by atoms with van der Waals surface area (Å²) in [5, 5.41) is 1.31. The van der Waals surface area contributed by atoms with Crippen molar-refractivity contribution in [3.63, 3.8) is 0 Å². The lowest BCUT2D eigenvalue weighted by Crippen LogP contribution is -2.29. The molecule has 0 N–H and O–H groups in total. The Hall–Kier alpha value is -2.37. The van der Waals surface area contributed by atoms with Gasteiger partial charge in [-0.25, -0.2) is 4.84 Å². The van der Waals surface area contributed by atoms with Gasteiger partial charge in [0, 0.05) is 13.2 Å². The lowest BCUT2D eigenvalue weighted by atomic mass is 9.98. The molecule has 0 saturated carbocycles. The summed E-state index contributed by atoms with van der Waals surface area (Å²) in [4.78, 5) is 17.9. The highest BCUT2D eigenvalue weighted by molar-refractivity contribution is 6.03. The largest absolute Gasteiger partial charge is 0.457 e. The van der Waals surface area contributed by atoms with E-state index >= 15 is 0 Å². The van der Waals surface area contributed by atoms with Crippen LogP contribution in [-0.4, -0.2) is 19.8 Å². The summed E-state index contributed by atoms with van der Waals surface area (Å²) in [7, 11) is 1.52. The molecule has 0 spiro atoms. The molecule has 1 aliphatic rings. The predicted molar refractivity (Wildman–Crippen MR) is 86.4 cm³/mol. The van der Waals surface area contributed by atoms with Crippen LogP contribution in [0.5, 0.6) is 11.5 Å². The Morgan fingerprint density at radius 2 is 1.87 bits per heavy atom. The molecule has 5 heteroatoms. The molecule has 2 aromatic carbocycles. The van der Waals surface area contributed by atoms with E-state index in [1.165, 1.54) is 12.2 Å². The van der Waals surface area contributed by atoms with Gasteiger partial charge in [-0.3, -0.25) is 4.79 Å². The highest BCUT2D eigenvalue weighted by atomic mass is 16.8. The van der Waals surface area contributed by atoms with Crippen LogP contribution in [-0.2, 0) is 14.4 Å². The van der Waals surface area contributed by atoms with Crippen LogP contribution >= 0.6 is 0 Å². The van der Waals surface area contributed by atoms with Crippen LogP contribution in [0.2, 0.25) is 0 Å². The molecule has 2 aromatic rings. The van der Waals surface area contributed by atoms with E-state index in [0.717, 1.165) is 17.7 Å². The normalized spacial score (nSPS) is 16.5. The third-order valence-electron chi connectivity index (χ3n) is 3.78. The Labute approximate surface area is 135 Å². The van der Waals surface area contributed by atoms with Gasteiger partial charge in [-0.15, -0.1) is 0 Å². The fourth-order valence-corrected chi connectivity index (χ4v) is 2.71. The SMILES string of the molecule is CCC1C(=O)N(OCOC)c2cc(Oc3ccccc3)ccc21. The minimum Gasteiger partial charge on any atom is -0.457 e. The average Bonchev–Trinajstić information content (AvgIpc) is 2.84. The van der Waals surface area contributed by atoms with Crippen molar-refractivity contribution < 1.29 is 19.1 Å². The van der Waals surface area contributed by atoms with E-state index in [4.69, 9.17) is 14.3 Å². The van der Waals surface area contributed by atoms with Crippen molar-refractivity contribution in [3.05, 3.63) is 54.1 Å². The summed E-state index contributed by atoms with van der Waals surface area (Å²) in [6.45, 7) is 2.01. The number of methoxy groups -OCH3 is 1. The first kappa shape index (κ1) is 15.5. The first-order chi connectivity index (χ1) is 11.2. The number of anilines is 1. The van der Waals surface area contributed by atoms with E-state index < -0.39 is 0 Å². The number of hydroxylamine groups is 1. The molecular weight excluding hydrogens is 294 g/mol. The van der Waals surface area contributed by atoms with E-state index in [1.54, 1.807) is 0 Å². The van der Waals surface area contributed by atoms with Gasteiger partial charge >= 0.3 is 0 Å². The molecule has 0 bridgehead atoms. The second-order valence-corrected chi connectivity index (χ2v) is 5.26. The number of ether oxygens (including phenoxy) is 2. The highest BCUT2D eigenvalue weighted by Gasteiger charge is 2.37. The molecule has 120 valence electrons. The summed E-state index contributed by atoms with van der Waals surface area (Å²) < 4.78 is 10.8. The maximum absolute atomic E-state index is 12.5. The molecule has 5 nitrogen and oxygen atoms in total. The molecule has 23 heavy (non-hydrogen) atoms. The molecular formula is C18H19NO4. The molecule has 1 heterocycles. The van der Waals surface area contributed by atoms with Crippen LogP contribution in [0.3, 0.4) is 0 Å². The van der Waals surface area contributed by atoms with Gasteiger partial charge in [0.05, 0.1) is 11.6 Å². The zero-order valence-electron chi connectivity index (χ0n) is 13.2. The predicted octanol–water partition coefficient (Wildman–Crippen LogP) is 3.85. The molecule has 0 aliphatic carbocycles. The van der Waals surface area contributed by atoms with Crippen molar-refractivity contribution in [1.82, 2.24) is 0 Å².